The maximum absolute atomic E-state index is 13.5. The van der Waals surface area contributed by atoms with Gasteiger partial charge in [-0.2, -0.15) is 28.1 Å². The van der Waals surface area contributed by atoms with Crippen molar-refractivity contribution >= 4 is 23.5 Å². The predicted molar refractivity (Wildman–Crippen MR) is 121 cm³/mol. The van der Waals surface area contributed by atoms with Crippen molar-refractivity contribution in [1.29, 1.82) is 0 Å². The van der Waals surface area contributed by atoms with Crippen molar-refractivity contribution in [3.8, 4) is 0 Å². The molecule has 2 N–H and O–H groups in total. The summed E-state index contributed by atoms with van der Waals surface area (Å²) >= 11 is 0. The van der Waals surface area contributed by atoms with Crippen LogP contribution in [-0.4, -0.2) is 93.7 Å². The first-order chi connectivity index (χ1) is 16.8. The molecule has 2 saturated heterocycles. The highest BCUT2D eigenvalue weighted by molar-refractivity contribution is 5.77. The van der Waals surface area contributed by atoms with Crippen LogP contribution in [0.15, 0.2) is 12.4 Å². The fourth-order valence-corrected chi connectivity index (χ4v) is 4.08. The van der Waals surface area contributed by atoms with Gasteiger partial charge in [-0.05, 0) is 45.8 Å². The third-order valence-corrected chi connectivity index (χ3v) is 6.05. The number of alkyl halides is 3. The average molecular weight is 498 g/mol. The van der Waals surface area contributed by atoms with Gasteiger partial charge in [0.15, 0.2) is 5.82 Å². The molecule has 0 aromatic carbocycles. The monoisotopic (exact) mass is 497 g/mol. The van der Waals surface area contributed by atoms with Gasteiger partial charge in [-0.1, -0.05) is 0 Å². The van der Waals surface area contributed by atoms with E-state index in [1.54, 1.807) is 9.70 Å². The Hall–Kier alpha value is -3.00. The van der Waals surface area contributed by atoms with Gasteiger partial charge >= 0.3 is 6.18 Å². The number of anilines is 3. The van der Waals surface area contributed by atoms with Gasteiger partial charge in [0.1, 0.15) is 18.0 Å². The van der Waals surface area contributed by atoms with Gasteiger partial charge in [0.05, 0.1) is 12.2 Å². The minimum Gasteiger partial charge on any atom is -0.372 e. The fourth-order valence-electron chi connectivity index (χ4n) is 4.08. The first-order valence-electron chi connectivity index (χ1n) is 11.7. The number of hydrogen-bond donors (Lipinski definition) is 2. The van der Waals surface area contributed by atoms with E-state index in [9.17, 15) is 18.0 Å². The zero-order valence-corrected chi connectivity index (χ0v) is 19.6. The van der Waals surface area contributed by atoms with Gasteiger partial charge in [-0.3, -0.25) is 4.79 Å². The third kappa shape index (κ3) is 6.78. The van der Waals surface area contributed by atoms with Crippen molar-refractivity contribution in [2.75, 3.05) is 63.6 Å². The second kappa shape index (κ2) is 11.2. The Kier molecular flexibility index (Phi) is 8.00. The van der Waals surface area contributed by atoms with Crippen LogP contribution in [0.4, 0.5) is 30.8 Å². The average Bonchev–Trinajstić information content (AvgIpc) is 3.18. The maximum atomic E-state index is 13.5. The minimum absolute atomic E-state index is 0.0178. The van der Waals surface area contributed by atoms with E-state index >= 15 is 0 Å². The Morgan fingerprint density at radius 3 is 2.77 bits per heavy atom. The van der Waals surface area contributed by atoms with E-state index in [1.165, 1.54) is 6.20 Å². The van der Waals surface area contributed by atoms with E-state index in [4.69, 9.17) is 4.74 Å². The van der Waals surface area contributed by atoms with Crippen LogP contribution < -0.4 is 10.6 Å². The molecule has 0 atom stereocenters. The van der Waals surface area contributed by atoms with E-state index in [-0.39, 0.29) is 36.9 Å². The van der Waals surface area contributed by atoms with Gasteiger partial charge in [0.25, 0.3) is 0 Å². The molecular formula is C21H30F3N9O2. The highest BCUT2D eigenvalue weighted by Gasteiger charge is 2.35. The summed E-state index contributed by atoms with van der Waals surface area (Å²) in [6.07, 6.45) is 0.678. The summed E-state index contributed by atoms with van der Waals surface area (Å²) < 4.78 is 45.7. The number of hydrogen-bond acceptors (Lipinski definition) is 9. The number of aromatic nitrogens is 5. The molecule has 4 rings (SSSR count). The lowest BCUT2D eigenvalue weighted by Crippen LogP contribution is -2.34. The van der Waals surface area contributed by atoms with Gasteiger partial charge in [-0.15, -0.1) is 5.10 Å². The lowest BCUT2D eigenvalue weighted by Gasteiger charge is -2.27. The molecule has 0 unspecified atom stereocenters. The summed E-state index contributed by atoms with van der Waals surface area (Å²) in [6, 6.07) is 0.176. The molecular weight excluding hydrogens is 467 g/mol. The van der Waals surface area contributed by atoms with Gasteiger partial charge in [0.2, 0.25) is 11.9 Å². The molecule has 14 heteroatoms. The van der Waals surface area contributed by atoms with E-state index < -0.39 is 11.7 Å². The minimum atomic E-state index is -4.61. The largest absolute Gasteiger partial charge is 0.421 e. The molecule has 2 aromatic heterocycles. The Labute approximate surface area is 201 Å². The number of nitrogens with one attached hydrogen (secondary N) is 2. The first-order valence-corrected chi connectivity index (χ1v) is 11.7. The molecule has 0 spiro atoms. The van der Waals surface area contributed by atoms with Crippen molar-refractivity contribution in [2.45, 2.75) is 37.9 Å². The molecule has 0 aliphatic carbocycles. The standard InChI is InChI=1S/C21H30F3N9O2/c1-31-9-4-15(5-10-31)33-27-13-17(30-33)28-20-26-12-16(21(22,23)24)19(29-20)25-6-2-7-32-8-3-11-35-14-18(32)34/h12-13,15H,2-11,14H2,1H3,(H2,25,26,28,29,30). The summed E-state index contributed by atoms with van der Waals surface area (Å²) in [6.45, 7) is 3.67. The van der Waals surface area contributed by atoms with Crippen LogP contribution >= 0.6 is 0 Å². The lowest BCUT2D eigenvalue weighted by atomic mass is 10.1. The molecule has 1 amide bonds. The molecule has 2 aliphatic rings. The summed E-state index contributed by atoms with van der Waals surface area (Å²) in [7, 11) is 2.07. The van der Waals surface area contributed by atoms with Crippen LogP contribution in [0.1, 0.15) is 37.3 Å². The Morgan fingerprint density at radius 2 is 2.00 bits per heavy atom. The topological polar surface area (TPSA) is 113 Å². The molecule has 2 aromatic rings. The number of carbonyl (C=O) groups excluding carboxylic acids is 1. The van der Waals surface area contributed by atoms with E-state index in [1.807, 2.05) is 0 Å². The van der Waals surface area contributed by atoms with Crippen molar-refractivity contribution in [1.82, 2.24) is 34.8 Å². The SMILES string of the molecule is CN1CCC(n2ncc(Nc3ncc(C(F)(F)F)c(NCCCN4CCCOCC4=O)n3)n2)CC1. The molecule has 11 nitrogen and oxygen atoms in total. The summed E-state index contributed by atoms with van der Waals surface area (Å²) in [5.74, 6) is -0.101. The van der Waals surface area contributed by atoms with Crippen LogP contribution in [0.2, 0.25) is 0 Å². The van der Waals surface area contributed by atoms with Crippen molar-refractivity contribution < 1.29 is 22.7 Å². The van der Waals surface area contributed by atoms with E-state index in [0.29, 0.717) is 31.9 Å². The highest BCUT2D eigenvalue weighted by Crippen LogP contribution is 2.34. The molecule has 4 heterocycles. The smallest absolute Gasteiger partial charge is 0.372 e. The molecule has 35 heavy (non-hydrogen) atoms. The van der Waals surface area contributed by atoms with Crippen LogP contribution in [-0.2, 0) is 15.7 Å². The second-order valence-corrected chi connectivity index (χ2v) is 8.73. The van der Waals surface area contributed by atoms with E-state index in [2.05, 4.69) is 42.7 Å². The van der Waals surface area contributed by atoms with Crippen molar-refractivity contribution in [3.05, 3.63) is 18.0 Å². The first kappa shape index (κ1) is 25.1. The number of ether oxygens (including phenoxy) is 1. The molecule has 0 bridgehead atoms. The Balaban J connectivity index is 1.38. The van der Waals surface area contributed by atoms with Crippen molar-refractivity contribution in [3.63, 3.8) is 0 Å². The number of halogens is 3. The highest BCUT2D eigenvalue weighted by atomic mass is 19.4. The van der Waals surface area contributed by atoms with Gasteiger partial charge in [0, 0.05) is 32.4 Å². The Bertz CT molecular complexity index is 993. The summed E-state index contributed by atoms with van der Waals surface area (Å²) in [5, 5.41) is 14.3. The van der Waals surface area contributed by atoms with Crippen LogP contribution in [0.5, 0.6) is 0 Å². The fraction of sp³-hybridized carbons (Fsp3) is 0.667. The number of likely N-dealkylation sites (tertiary alicyclic amines) is 1. The second-order valence-electron chi connectivity index (χ2n) is 8.73. The number of amides is 1. The number of nitrogens with zero attached hydrogens (tertiary/aromatic N) is 7. The van der Waals surface area contributed by atoms with E-state index in [0.717, 1.165) is 38.5 Å². The number of carbonyl (C=O) groups is 1. The number of piperidine rings is 1. The normalized spacial score (nSPS) is 18.5. The number of rotatable bonds is 8. The Morgan fingerprint density at radius 1 is 1.20 bits per heavy atom. The van der Waals surface area contributed by atoms with Crippen LogP contribution in [0.25, 0.3) is 0 Å². The summed E-state index contributed by atoms with van der Waals surface area (Å²) in [5.41, 5.74) is -0.961. The molecule has 2 aliphatic heterocycles. The maximum Gasteiger partial charge on any atom is 0.421 e. The zero-order chi connectivity index (χ0) is 24.8. The summed E-state index contributed by atoms with van der Waals surface area (Å²) in [4.78, 5) is 25.4. The van der Waals surface area contributed by atoms with Crippen molar-refractivity contribution in [2.24, 2.45) is 0 Å². The molecule has 0 radical (unpaired) electrons. The molecule has 0 saturated carbocycles. The quantitative estimate of drug-likeness (QED) is 0.530. The van der Waals surface area contributed by atoms with Crippen LogP contribution in [0.3, 0.4) is 0 Å². The molecule has 192 valence electrons. The lowest BCUT2D eigenvalue weighted by molar-refractivity contribution is -0.137. The third-order valence-electron chi connectivity index (χ3n) is 6.05. The zero-order valence-electron chi connectivity index (χ0n) is 19.6. The molecule has 2 fully saturated rings. The predicted octanol–water partition coefficient (Wildman–Crippen LogP) is 2.15. The van der Waals surface area contributed by atoms with Gasteiger partial charge in [-0.25, -0.2) is 4.98 Å². The van der Waals surface area contributed by atoms with Crippen LogP contribution in [0, 0.1) is 0 Å². The van der Waals surface area contributed by atoms with Gasteiger partial charge < -0.3 is 25.2 Å².